The molecule has 10 heteroatoms. The topological polar surface area (TPSA) is 122 Å². The maximum atomic E-state index is 12.7. The van der Waals surface area contributed by atoms with E-state index in [4.69, 9.17) is 10.5 Å². The number of benzene rings is 2. The smallest absolute Gasteiger partial charge is 0.207 e. The van der Waals surface area contributed by atoms with Crippen LogP contribution in [0.1, 0.15) is 11.1 Å². The highest BCUT2D eigenvalue weighted by molar-refractivity contribution is 7.89. The van der Waals surface area contributed by atoms with Crippen molar-refractivity contribution in [3.63, 3.8) is 0 Å². The maximum Gasteiger partial charge on any atom is 0.243 e. The van der Waals surface area contributed by atoms with Crippen molar-refractivity contribution in [2.45, 2.75) is 9.79 Å². The van der Waals surface area contributed by atoms with Crippen LogP contribution in [-0.2, 0) is 20.0 Å². The van der Waals surface area contributed by atoms with Crippen molar-refractivity contribution in [3.05, 3.63) is 59.7 Å². The van der Waals surface area contributed by atoms with Gasteiger partial charge in [-0.1, -0.05) is 0 Å². The van der Waals surface area contributed by atoms with E-state index in [-0.39, 0.29) is 36.0 Å². The first-order valence-corrected chi connectivity index (χ1v) is 11.2. The summed E-state index contributed by atoms with van der Waals surface area (Å²) in [4.78, 5) is 0.129. The Morgan fingerprint density at radius 2 is 0.893 bits per heavy atom. The van der Waals surface area contributed by atoms with E-state index in [2.05, 4.69) is 0 Å². The Labute approximate surface area is 163 Å². The van der Waals surface area contributed by atoms with Crippen LogP contribution in [0.15, 0.2) is 58.3 Å². The van der Waals surface area contributed by atoms with Crippen LogP contribution in [0, 0.1) is 22.7 Å². The lowest BCUT2D eigenvalue weighted by molar-refractivity contribution is 0.273. The molecule has 0 aromatic heterocycles. The Kier molecular flexibility index (Phi) is 5.49. The van der Waals surface area contributed by atoms with Gasteiger partial charge in [-0.3, -0.25) is 0 Å². The van der Waals surface area contributed by atoms with Gasteiger partial charge in [0.15, 0.2) is 0 Å². The molecule has 0 amide bonds. The van der Waals surface area contributed by atoms with Gasteiger partial charge in [-0.05, 0) is 48.5 Å². The Bertz CT molecular complexity index is 1060. The molecule has 8 nitrogen and oxygen atoms in total. The molecule has 0 radical (unpaired) electrons. The number of nitrogens with zero attached hydrogens (tertiary/aromatic N) is 4. The van der Waals surface area contributed by atoms with Crippen molar-refractivity contribution in [3.8, 4) is 12.1 Å². The molecule has 144 valence electrons. The maximum absolute atomic E-state index is 12.7. The molecule has 1 heterocycles. The Morgan fingerprint density at radius 3 is 1.14 bits per heavy atom. The van der Waals surface area contributed by atoms with E-state index in [0.717, 1.165) is 0 Å². The largest absolute Gasteiger partial charge is 0.243 e. The summed E-state index contributed by atoms with van der Waals surface area (Å²) in [5.41, 5.74) is 0.717. The van der Waals surface area contributed by atoms with E-state index >= 15 is 0 Å². The summed E-state index contributed by atoms with van der Waals surface area (Å²) in [6, 6.07) is 15.1. The van der Waals surface area contributed by atoms with Crippen molar-refractivity contribution < 1.29 is 16.8 Å². The van der Waals surface area contributed by atoms with Gasteiger partial charge in [0.2, 0.25) is 20.0 Å². The fourth-order valence-corrected chi connectivity index (χ4v) is 5.70. The van der Waals surface area contributed by atoms with Gasteiger partial charge in [-0.15, -0.1) is 0 Å². The third-order valence-corrected chi connectivity index (χ3v) is 8.27. The van der Waals surface area contributed by atoms with Gasteiger partial charge in [-0.25, -0.2) is 16.8 Å². The zero-order chi connectivity index (χ0) is 20.4. The normalized spacial score (nSPS) is 16.2. The zero-order valence-electron chi connectivity index (χ0n) is 14.7. The van der Waals surface area contributed by atoms with E-state index in [1.165, 1.54) is 57.1 Å². The molecule has 0 atom stereocenters. The van der Waals surface area contributed by atoms with Gasteiger partial charge in [0, 0.05) is 26.2 Å². The average Bonchev–Trinajstić information content (AvgIpc) is 2.74. The van der Waals surface area contributed by atoms with Crippen LogP contribution in [0.5, 0.6) is 0 Å². The monoisotopic (exact) mass is 416 g/mol. The highest BCUT2D eigenvalue weighted by Gasteiger charge is 2.33. The Balaban J connectivity index is 1.74. The molecular weight excluding hydrogens is 400 g/mol. The fraction of sp³-hybridized carbons (Fsp3) is 0.222. The summed E-state index contributed by atoms with van der Waals surface area (Å²) in [7, 11) is -7.53. The summed E-state index contributed by atoms with van der Waals surface area (Å²) in [5.74, 6) is 0. The number of hydrogen-bond acceptors (Lipinski definition) is 6. The van der Waals surface area contributed by atoms with E-state index in [1.54, 1.807) is 0 Å². The summed E-state index contributed by atoms with van der Waals surface area (Å²) in [6.45, 7) is 0.103. The quantitative estimate of drug-likeness (QED) is 0.736. The summed E-state index contributed by atoms with van der Waals surface area (Å²) in [6.07, 6.45) is 0. The average molecular weight is 416 g/mol. The molecule has 0 unspecified atom stereocenters. The van der Waals surface area contributed by atoms with Crippen LogP contribution >= 0.6 is 0 Å². The first kappa shape index (κ1) is 20.0. The van der Waals surface area contributed by atoms with E-state index < -0.39 is 20.0 Å². The number of sulfonamides is 2. The molecule has 0 spiro atoms. The van der Waals surface area contributed by atoms with Gasteiger partial charge >= 0.3 is 0 Å². The van der Waals surface area contributed by atoms with Crippen LogP contribution in [0.3, 0.4) is 0 Å². The lowest BCUT2D eigenvalue weighted by atomic mass is 10.2. The van der Waals surface area contributed by atoms with Gasteiger partial charge in [-0.2, -0.15) is 19.1 Å². The van der Waals surface area contributed by atoms with E-state index in [9.17, 15) is 16.8 Å². The second-order valence-corrected chi connectivity index (χ2v) is 9.96. The fourth-order valence-electron chi connectivity index (χ4n) is 2.85. The lowest BCUT2D eigenvalue weighted by Crippen LogP contribution is -2.50. The summed E-state index contributed by atoms with van der Waals surface area (Å²) >= 11 is 0. The molecule has 28 heavy (non-hydrogen) atoms. The summed E-state index contributed by atoms with van der Waals surface area (Å²) in [5, 5.41) is 17.6. The minimum atomic E-state index is -3.76. The van der Waals surface area contributed by atoms with Gasteiger partial charge in [0.1, 0.15) is 0 Å². The molecule has 2 aromatic rings. The third kappa shape index (κ3) is 3.77. The molecule has 0 saturated carbocycles. The zero-order valence-corrected chi connectivity index (χ0v) is 16.3. The predicted octanol–water partition coefficient (Wildman–Crippen LogP) is 1.13. The highest BCUT2D eigenvalue weighted by atomic mass is 32.2. The first-order valence-electron chi connectivity index (χ1n) is 8.29. The minimum absolute atomic E-state index is 0.0256. The number of rotatable bonds is 4. The van der Waals surface area contributed by atoms with Crippen LogP contribution < -0.4 is 0 Å². The van der Waals surface area contributed by atoms with Crippen molar-refractivity contribution in [1.29, 1.82) is 10.5 Å². The molecule has 2 aromatic carbocycles. The molecule has 0 N–H and O–H groups in total. The Morgan fingerprint density at radius 1 is 0.607 bits per heavy atom. The predicted molar refractivity (Wildman–Crippen MR) is 99.8 cm³/mol. The second-order valence-electron chi connectivity index (χ2n) is 6.08. The van der Waals surface area contributed by atoms with Crippen molar-refractivity contribution in [2.24, 2.45) is 0 Å². The van der Waals surface area contributed by atoms with Crippen molar-refractivity contribution in [2.75, 3.05) is 26.2 Å². The molecule has 1 fully saturated rings. The summed E-state index contributed by atoms with van der Waals surface area (Å²) < 4.78 is 53.4. The van der Waals surface area contributed by atoms with Crippen LogP contribution in [0.25, 0.3) is 0 Å². The molecule has 1 aliphatic heterocycles. The standard InChI is InChI=1S/C18H16N4O4S2/c19-13-15-1-5-17(6-2-15)27(23,24)21-9-11-22(12-10-21)28(25,26)18-7-3-16(14-20)4-8-18/h1-8H,9-12H2. The Hall–Kier alpha value is -2.76. The third-order valence-electron chi connectivity index (χ3n) is 4.44. The molecule has 3 rings (SSSR count). The van der Waals surface area contributed by atoms with E-state index in [1.807, 2.05) is 12.1 Å². The molecule has 0 bridgehead atoms. The lowest BCUT2D eigenvalue weighted by Gasteiger charge is -2.33. The van der Waals surface area contributed by atoms with E-state index in [0.29, 0.717) is 11.1 Å². The van der Waals surface area contributed by atoms with Gasteiger partial charge in [0.05, 0.1) is 33.1 Å². The highest BCUT2D eigenvalue weighted by Crippen LogP contribution is 2.22. The van der Waals surface area contributed by atoms with Crippen molar-refractivity contribution in [1.82, 2.24) is 8.61 Å². The molecule has 0 aliphatic carbocycles. The molecule has 1 aliphatic rings. The SMILES string of the molecule is N#Cc1ccc(S(=O)(=O)N2CCN(S(=O)(=O)c3ccc(C#N)cc3)CC2)cc1. The number of nitriles is 2. The van der Waals surface area contributed by atoms with Gasteiger partial charge in [0.25, 0.3) is 0 Å². The van der Waals surface area contributed by atoms with Crippen molar-refractivity contribution >= 4 is 20.0 Å². The van der Waals surface area contributed by atoms with Crippen LogP contribution in [0.2, 0.25) is 0 Å². The second kappa shape index (κ2) is 7.70. The van der Waals surface area contributed by atoms with Crippen LogP contribution in [0.4, 0.5) is 0 Å². The molecule has 1 saturated heterocycles. The van der Waals surface area contributed by atoms with Crippen LogP contribution in [-0.4, -0.2) is 51.6 Å². The van der Waals surface area contributed by atoms with Gasteiger partial charge < -0.3 is 0 Å². The first-order chi connectivity index (χ1) is 13.3. The minimum Gasteiger partial charge on any atom is -0.207 e. The number of piperazine rings is 1. The molecular formula is C18H16N4O4S2. The number of hydrogen-bond donors (Lipinski definition) is 0.